The van der Waals surface area contributed by atoms with Gasteiger partial charge in [-0.25, -0.2) is 4.31 Å². The van der Waals surface area contributed by atoms with Crippen molar-refractivity contribution in [1.29, 1.82) is 0 Å². The van der Waals surface area contributed by atoms with Crippen molar-refractivity contribution in [3.8, 4) is 0 Å². The standard InChI is InChI=1S/C25H35F3N2OS2/c1-18-23(20-7-12-31-13-8-20)32-17-30(18)33-14-2-10-29-11-9-24(16-29)15-22(24)19-3-5-21(6-4-19)25(26,27)28/h3-6,18,20,22-23H,2,7-17H2,1H3/t18?,22-,23?,24+/m1/s1. The van der Waals surface area contributed by atoms with Gasteiger partial charge in [0.1, 0.15) is 0 Å². The molecular weight excluding hydrogens is 465 g/mol. The molecule has 0 N–H and O–H groups in total. The molecule has 1 aliphatic carbocycles. The fourth-order valence-corrected chi connectivity index (χ4v) is 9.07. The number of ether oxygens (including phenoxy) is 1. The number of hydrogen-bond donors (Lipinski definition) is 0. The second kappa shape index (κ2) is 9.92. The van der Waals surface area contributed by atoms with Crippen LogP contribution in [0, 0.1) is 11.3 Å². The van der Waals surface area contributed by atoms with E-state index < -0.39 is 11.7 Å². The molecule has 0 bridgehead atoms. The average molecular weight is 501 g/mol. The number of alkyl halides is 3. The Labute approximate surface area is 204 Å². The summed E-state index contributed by atoms with van der Waals surface area (Å²) in [5, 5.41) is 0.747. The van der Waals surface area contributed by atoms with Crippen LogP contribution < -0.4 is 0 Å². The number of halogens is 3. The van der Waals surface area contributed by atoms with Crippen molar-refractivity contribution in [2.24, 2.45) is 11.3 Å². The molecular formula is C25H35F3N2OS2. The molecule has 3 nitrogen and oxygen atoms in total. The highest BCUT2D eigenvalue weighted by Crippen LogP contribution is 2.64. The SMILES string of the molecule is CC1C(C2CCOCC2)SCN1SCCCN1CC[C@]2(C[C@@H]2c2ccc(C(F)(F)F)cc2)C1. The smallest absolute Gasteiger partial charge is 0.381 e. The Balaban J connectivity index is 1.02. The van der Waals surface area contributed by atoms with Crippen LogP contribution in [0.25, 0.3) is 0 Å². The Morgan fingerprint density at radius 1 is 1.18 bits per heavy atom. The minimum atomic E-state index is -4.25. The molecule has 3 saturated heterocycles. The summed E-state index contributed by atoms with van der Waals surface area (Å²) < 4.78 is 46.6. The second-order valence-corrected chi connectivity index (χ2v) is 12.6. The molecule has 8 heteroatoms. The molecule has 1 spiro atoms. The number of hydrogen-bond acceptors (Lipinski definition) is 5. The van der Waals surface area contributed by atoms with Crippen LogP contribution in [-0.4, -0.2) is 65.0 Å². The summed E-state index contributed by atoms with van der Waals surface area (Å²) in [6.07, 6.45) is 1.67. The van der Waals surface area contributed by atoms with Crippen LogP contribution in [0.4, 0.5) is 13.2 Å². The Kier molecular flexibility index (Phi) is 7.30. The molecule has 3 aliphatic heterocycles. The molecule has 1 aromatic rings. The summed E-state index contributed by atoms with van der Waals surface area (Å²) >= 11 is 4.16. The number of thioether (sulfide) groups is 1. The monoisotopic (exact) mass is 500 g/mol. The topological polar surface area (TPSA) is 15.7 Å². The lowest BCUT2D eigenvalue weighted by atomic mass is 9.92. The van der Waals surface area contributed by atoms with Crippen LogP contribution in [0.15, 0.2) is 24.3 Å². The van der Waals surface area contributed by atoms with E-state index in [2.05, 4.69) is 27.9 Å². The number of likely N-dealkylation sites (tertiary alicyclic amines) is 1. The van der Waals surface area contributed by atoms with Gasteiger partial charge in [0.2, 0.25) is 0 Å². The summed E-state index contributed by atoms with van der Waals surface area (Å²) in [4.78, 5) is 2.58. The van der Waals surface area contributed by atoms with E-state index >= 15 is 0 Å². The van der Waals surface area contributed by atoms with Gasteiger partial charge in [-0.05, 0) is 87.1 Å². The third-order valence-electron chi connectivity index (χ3n) is 8.22. The van der Waals surface area contributed by atoms with Gasteiger partial charge in [0.25, 0.3) is 0 Å². The normalized spacial score (nSPS) is 33.9. The number of rotatable bonds is 7. The molecule has 0 amide bonds. The molecule has 33 heavy (non-hydrogen) atoms. The minimum Gasteiger partial charge on any atom is -0.381 e. The summed E-state index contributed by atoms with van der Waals surface area (Å²) in [5.41, 5.74) is 0.848. The van der Waals surface area contributed by atoms with Gasteiger partial charge in [0, 0.05) is 36.8 Å². The van der Waals surface area contributed by atoms with E-state index in [0.29, 0.717) is 17.4 Å². The molecule has 4 atom stereocenters. The Morgan fingerprint density at radius 3 is 2.67 bits per heavy atom. The summed E-state index contributed by atoms with van der Waals surface area (Å²) in [5.74, 6) is 3.54. The van der Waals surface area contributed by atoms with Crippen LogP contribution in [-0.2, 0) is 10.9 Å². The van der Waals surface area contributed by atoms with Crippen molar-refractivity contribution in [2.45, 2.75) is 62.4 Å². The van der Waals surface area contributed by atoms with Gasteiger partial charge in [0.15, 0.2) is 0 Å². The molecule has 184 valence electrons. The molecule has 0 radical (unpaired) electrons. The van der Waals surface area contributed by atoms with Crippen LogP contribution in [0.1, 0.15) is 56.1 Å². The highest BCUT2D eigenvalue weighted by atomic mass is 32.2. The van der Waals surface area contributed by atoms with E-state index in [1.807, 2.05) is 11.9 Å². The summed E-state index contributed by atoms with van der Waals surface area (Å²) in [6.45, 7) is 7.62. The molecule has 1 aromatic carbocycles. The lowest BCUT2D eigenvalue weighted by Gasteiger charge is -2.31. The summed E-state index contributed by atoms with van der Waals surface area (Å²) in [6, 6.07) is 6.52. The first-order chi connectivity index (χ1) is 15.9. The first-order valence-corrected chi connectivity index (χ1v) is 14.3. The second-order valence-electron chi connectivity index (χ2n) is 10.3. The van der Waals surface area contributed by atoms with E-state index in [0.717, 1.165) is 67.6 Å². The predicted molar refractivity (Wildman–Crippen MR) is 130 cm³/mol. The maximum absolute atomic E-state index is 12.8. The van der Waals surface area contributed by atoms with Crippen molar-refractivity contribution in [2.75, 3.05) is 44.5 Å². The number of nitrogens with zero attached hydrogens (tertiary/aromatic N) is 2. The third kappa shape index (κ3) is 5.40. The van der Waals surface area contributed by atoms with Gasteiger partial charge in [-0.1, -0.05) is 24.1 Å². The van der Waals surface area contributed by atoms with Crippen LogP contribution >= 0.6 is 23.7 Å². The highest BCUT2D eigenvalue weighted by Gasteiger charge is 2.57. The Hall–Kier alpha value is -0.410. The third-order valence-corrected chi connectivity index (χ3v) is 11.2. The molecule has 3 heterocycles. The fraction of sp³-hybridized carbons (Fsp3) is 0.760. The summed E-state index contributed by atoms with van der Waals surface area (Å²) in [7, 11) is 0. The lowest BCUT2D eigenvalue weighted by molar-refractivity contribution is -0.137. The van der Waals surface area contributed by atoms with Crippen LogP contribution in [0.5, 0.6) is 0 Å². The molecule has 4 fully saturated rings. The molecule has 2 unspecified atom stereocenters. The van der Waals surface area contributed by atoms with Gasteiger partial charge >= 0.3 is 6.18 Å². The van der Waals surface area contributed by atoms with Crippen LogP contribution in [0.3, 0.4) is 0 Å². The van der Waals surface area contributed by atoms with E-state index in [1.54, 1.807) is 12.1 Å². The first-order valence-electron chi connectivity index (χ1n) is 12.3. The van der Waals surface area contributed by atoms with E-state index in [4.69, 9.17) is 4.74 Å². The maximum Gasteiger partial charge on any atom is 0.416 e. The fourth-order valence-electron chi connectivity index (χ4n) is 6.13. The number of benzene rings is 1. The maximum atomic E-state index is 12.8. The van der Waals surface area contributed by atoms with Gasteiger partial charge in [0.05, 0.1) is 11.4 Å². The highest BCUT2D eigenvalue weighted by molar-refractivity contribution is 8.02. The zero-order valence-electron chi connectivity index (χ0n) is 19.4. The molecule has 4 aliphatic rings. The van der Waals surface area contributed by atoms with Crippen molar-refractivity contribution in [3.63, 3.8) is 0 Å². The van der Waals surface area contributed by atoms with E-state index in [9.17, 15) is 13.2 Å². The lowest BCUT2D eigenvalue weighted by Crippen LogP contribution is -2.35. The van der Waals surface area contributed by atoms with E-state index in [1.165, 1.54) is 37.8 Å². The zero-order valence-corrected chi connectivity index (χ0v) is 21.0. The van der Waals surface area contributed by atoms with E-state index in [-0.39, 0.29) is 0 Å². The van der Waals surface area contributed by atoms with Gasteiger partial charge in [-0.15, -0.1) is 11.8 Å². The van der Waals surface area contributed by atoms with Crippen molar-refractivity contribution < 1.29 is 17.9 Å². The molecule has 0 aromatic heterocycles. The zero-order chi connectivity index (χ0) is 23.1. The molecule has 5 rings (SSSR count). The Morgan fingerprint density at radius 2 is 1.94 bits per heavy atom. The van der Waals surface area contributed by atoms with Gasteiger partial charge in [-0.3, -0.25) is 0 Å². The van der Waals surface area contributed by atoms with Crippen molar-refractivity contribution in [3.05, 3.63) is 35.4 Å². The van der Waals surface area contributed by atoms with Crippen molar-refractivity contribution >= 4 is 23.7 Å². The van der Waals surface area contributed by atoms with Gasteiger partial charge in [-0.2, -0.15) is 13.2 Å². The quantitative estimate of drug-likeness (QED) is 0.330. The minimum absolute atomic E-state index is 0.309. The Bertz CT molecular complexity index is 802. The largest absolute Gasteiger partial charge is 0.416 e. The van der Waals surface area contributed by atoms with Crippen LogP contribution in [0.2, 0.25) is 0 Å². The predicted octanol–water partition coefficient (Wildman–Crippen LogP) is 6.11. The first kappa shape index (κ1) is 24.3. The van der Waals surface area contributed by atoms with Gasteiger partial charge < -0.3 is 9.64 Å². The molecule has 1 saturated carbocycles. The van der Waals surface area contributed by atoms with Crippen molar-refractivity contribution in [1.82, 2.24) is 9.21 Å². The average Bonchev–Trinajstić information content (AvgIpc) is 3.15.